The lowest BCUT2D eigenvalue weighted by molar-refractivity contribution is 0.0635. The molecule has 0 aliphatic heterocycles. The van der Waals surface area contributed by atoms with E-state index in [0.29, 0.717) is 24.3 Å². The molecule has 0 bridgehead atoms. The standard InChI is InChI=1S/C23H29N3O4S/c1-5-10-29-11-6-7-19(27)16-12-20(31-15-16)18-13-24-21-9-8-17(14-26(18)21)25-22(28)30-23(2,3)4/h8-9,12-15H,5-7,10-11H2,1-4H3,(H,25,28). The van der Waals surface area contributed by atoms with Crippen LogP contribution in [0.15, 0.2) is 36.0 Å². The van der Waals surface area contributed by atoms with Crippen molar-refractivity contribution in [3.8, 4) is 10.6 Å². The van der Waals surface area contributed by atoms with Gasteiger partial charge in [0.2, 0.25) is 0 Å². The average molecular weight is 444 g/mol. The monoisotopic (exact) mass is 443 g/mol. The normalized spacial score (nSPS) is 11.6. The van der Waals surface area contributed by atoms with Crippen LogP contribution in [0.2, 0.25) is 0 Å². The van der Waals surface area contributed by atoms with Gasteiger partial charge in [-0.15, -0.1) is 11.3 Å². The number of Topliss-reactive ketones (excluding diaryl/α,β-unsaturated/α-hetero) is 1. The third kappa shape index (κ3) is 6.38. The fraction of sp³-hybridized carbons (Fsp3) is 0.435. The van der Waals surface area contributed by atoms with Crippen molar-refractivity contribution in [3.05, 3.63) is 41.5 Å². The van der Waals surface area contributed by atoms with Crippen LogP contribution in [0.4, 0.5) is 10.5 Å². The lowest BCUT2D eigenvalue weighted by Crippen LogP contribution is -2.27. The first-order chi connectivity index (χ1) is 14.8. The minimum absolute atomic E-state index is 0.115. The number of carbonyl (C=O) groups is 2. The van der Waals surface area contributed by atoms with Gasteiger partial charge in [0.15, 0.2) is 5.78 Å². The Hall–Kier alpha value is -2.71. The van der Waals surface area contributed by atoms with Crippen molar-refractivity contribution < 1.29 is 19.1 Å². The van der Waals surface area contributed by atoms with Gasteiger partial charge in [-0.3, -0.25) is 14.5 Å². The van der Waals surface area contributed by atoms with Crippen molar-refractivity contribution in [2.45, 2.75) is 52.6 Å². The number of amides is 1. The summed E-state index contributed by atoms with van der Waals surface area (Å²) in [6, 6.07) is 5.50. The summed E-state index contributed by atoms with van der Waals surface area (Å²) in [6.45, 7) is 8.86. The first-order valence-electron chi connectivity index (χ1n) is 10.4. The number of anilines is 1. The van der Waals surface area contributed by atoms with Gasteiger partial charge in [0.05, 0.1) is 22.5 Å². The first kappa shape index (κ1) is 23.0. The Morgan fingerprint density at radius 2 is 2.03 bits per heavy atom. The lowest BCUT2D eigenvalue weighted by Gasteiger charge is -2.19. The molecule has 3 aromatic rings. The number of nitrogens with zero attached hydrogens (tertiary/aromatic N) is 2. The molecule has 0 unspecified atom stereocenters. The first-order valence-corrected chi connectivity index (χ1v) is 11.3. The van der Waals surface area contributed by atoms with E-state index in [1.54, 1.807) is 18.5 Å². The molecule has 3 heterocycles. The van der Waals surface area contributed by atoms with Gasteiger partial charge < -0.3 is 9.47 Å². The Morgan fingerprint density at radius 1 is 1.23 bits per heavy atom. The number of thiophene rings is 1. The Labute approximate surface area is 186 Å². The van der Waals surface area contributed by atoms with Gasteiger partial charge in [-0.2, -0.15) is 0 Å². The number of ketones is 1. The maximum atomic E-state index is 12.5. The number of hydrogen-bond donors (Lipinski definition) is 1. The molecule has 0 aromatic carbocycles. The highest BCUT2D eigenvalue weighted by atomic mass is 32.1. The number of ether oxygens (including phenoxy) is 2. The zero-order chi connectivity index (χ0) is 22.4. The molecule has 7 nitrogen and oxygen atoms in total. The fourth-order valence-corrected chi connectivity index (χ4v) is 3.92. The number of rotatable bonds is 9. The summed E-state index contributed by atoms with van der Waals surface area (Å²) in [5.74, 6) is 0.115. The number of carbonyl (C=O) groups excluding carboxylic acids is 2. The molecule has 0 spiro atoms. The smallest absolute Gasteiger partial charge is 0.412 e. The van der Waals surface area contributed by atoms with Crippen LogP contribution >= 0.6 is 11.3 Å². The SMILES string of the molecule is CCCOCCCC(=O)c1csc(-c2cnc3ccc(NC(=O)OC(C)(C)C)cn23)c1. The van der Waals surface area contributed by atoms with E-state index in [2.05, 4.69) is 17.2 Å². The van der Waals surface area contributed by atoms with Gasteiger partial charge >= 0.3 is 6.09 Å². The van der Waals surface area contributed by atoms with Crippen molar-refractivity contribution in [1.82, 2.24) is 9.38 Å². The van der Waals surface area contributed by atoms with Gasteiger partial charge in [-0.05, 0) is 51.8 Å². The van der Waals surface area contributed by atoms with E-state index in [4.69, 9.17) is 9.47 Å². The van der Waals surface area contributed by atoms with Crippen LogP contribution < -0.4 is 5.32 Å². The molecule has 0 saturated heterocycles. The zero-order valence-corrected chi connectivity index (χ0v) is 19.3. The molecule has 0 aliphatic carbocycles. The summed E-state index contributed by atoms with van der Waals surface area (Å²) >= 11 is 1.50. The van der Waals surface area contributed by atoms with E-state index in [1.807, 2.05) is 42.7 Å². The van der Waals surface area contributed by atoms with Gasteiger partial charge in [0, 0.05) is 36.8 Å². The van der Waals surface area contributed by atoms with Crippen LogP contribution in [0.1, 0.15) is 57.3 Å². The molecule has 0 saturated carbocycles. The number of fused-ring (bicyclic) bond motifs is 1. The van der Waals surface area contributed by atoms with Crippen LogP contribution in [-0.4, -0.2) is 40.1 Å². The third-order valence-electron chi connectivity index (χ3n) is 4.37. The van der Waals surface area contributed by atoms with Gasteiger partial charge in [0.25, 0.3) is 0 Å². The van der Waals surface area contributed by atoms with E-state index >= 15 is 0 Å². The molecule has 0 radical (unpaired) electrons. The number of pyridine rings is 1. The molecule has 8 heteroatoms. The van der Waals surface area contributed by atoms with Crippen LogP contribution in [0.5, 0.6) is 0 Å². The molecule has 3 rings (SSSR count). The molecule has 166 valence electrons. The van der Waals surface area contributed by atoms with Crippen molar-refractivity contribution in [2.24, 2.45) is 0 Å². The molecule has 31 heavy (non-hydrogen) atoms. The summed E-state index contributed by atoms with van der Waals surface area (Å²) in [5, 5.41) is 4.63. The van der Waals surface area contributed by atoms with Crippen LogP contribution in [0, 0.1) is 0 Å². The molecule has 0 atom stereocenters. The van der Waals surface area contributed by atoms with Crippen LogP contribution in [-0.2, 0) is 9.47 Å². The van der Waals surface area contributed by atoms with Crippen molar-refractivity contribution >= 4 is 34.5 Å². The molecule has 1 N–H and O–H groups in total. The van der Waals surface area contributed by atoms with E-state index in [0.717, 1.165) is 35.7 Å². The topological polar surface area (TPSA) is 81.9 Å². The second-order valence-corrected chi connectivity index (χ2v) is 9.17. The Kier molecular flexibility index (Phi) is 7.46. The molecule has 3 aromatic heterocycles. The quantitative estimate of drug-likeness (QED) is 0.334. The van der Waals surface area contributed by atoms with Gasteiger partial charge in [-0.25, -0.2) is 9.78 Å². The minimum Gasteiger partial charge on any atom is -0.444 e. The number of nitrogens with one attached hydrogen (secondary N) is 1. The summed E-state index contributed by atoms with van der Waals surface area (Å²) in [5.41, 5.74) is 2.34. The van der Waals surface area contributed by atoms with Gasteiger partial charge in [-0.1, -0.05) is 6.92 Å². The summed E-state index contributed by atoms with van der Waals surface area (Å²) in [7, 11) is 0. The average Bonchev–Trinajstić information content (AvgIpc) is 3.32. The second-order valence-electron chi connectivity index (χ2n) is 8.26. The molecule has 0 fully saturated rings. The van der Waals surface area contributed by atoms with E-state index in [-0.39, 0.29) is 5.78 Å². The number of hydrogen-bond acceptors (Lipinski definition) is 6. The predicted octanol–water partition coefficient (Wildman–Crippen LogP) is 5.80. The third-order valence-corrected chi connectivity index (χ3v) is 5.32. The van der Waals surface area contributed by atoms with Crippen LogP contribution in [0.25, 0.3) is 16.2 Å². The highest BCUT2D eigenvalue weighted by molar-refractivity contribution is 7.13. The predicted molar refractivity (Wildman–Crippen MR) is 123 cm³/mol. The largest absolute Gasteiger partial charge is 0.444 e. The second kappa shape index (κ2) is 10.1. The summed E-state index contributed by atoms with van der Waals surface area (Å²) in [6.07, 6.45) is 5.23. The molecular weight excluding hydrogens is 414 g/mol. The van der Waals surface area contributed by atoms with E-state index < -0.39 is 11.7 Å². The number of aromatic nitrogens is 2. The highest BCUT2D eigenvalue weighted by Gasteiger charge is 2.17. The Bertz CT molecular complexity index is 1050. The lowest BCUT2D eigenvalue weighted by atomic mass is 10.1. The fourth-order valence-electron chi connectivity index (χ4n) is 3.00. The Morgan fingerprint density at radius 3 is 2.77 bits per heavy atom. The Balaban J connectivity index is 1.71. The zero-order valence-electron chi connectivity index (χ0n) is 18.4. The minimum atomic E-state index is -0.573. The number of imidazole rings is 1. The van der Waals surface area contributed by atoms with Gasteiger partial charge in [0.1, 0.15) is 11.2 Å². The van der Waals surface area contributed by atoms with E-state index in [1.165, 1.54) is 11.3 Å². The highest BCUT2D eigenvalue weighted by Crippen LogP contribution is 2.29. The summed E-state index contributed by atoms with van der Waals surface area (Å²) < 4.78 is 12.7. The van der Waals surface area contributed by atoms with Crippen molar-refractivity contribution in [2.75, 3.05) is 18.5 Å². The maximum absolute atomic E-state index is 12.5. The van der Waals surface area contributed by atoms with Crippen LogP contribution in [0.3, 0.4) is 0 Å². The van der Waals surface area contributed by atoms with E-state index in [9.17, 15) is 9.59 Å². The molecular formula is C23H29N3O4S. The molecule has 0 aliphatic rings. The molecule has 1 amide bonds. The van der Waals surface area contributed by atoms with Crippen molar-refractivity contribution in [1.29, 1.82) is 0 Å². The summed E-state index contributed by atoms with van der Waals surface area (Å²) in [4.78, 5) is 29.9. The maximum Gasteiger partial charge on any atom is 0.412 e. The van der Waals surface area contributed by atoms with Crippen molar-refractivity contribution in [3.63, 3.8) is 0 Å².